The number of fused-ring (bicyclic) bond motifs is 1. The predicted octanol–water partition coefficient (Wildman–Crippen LogP) is 2.33. The second-order valence-electron chi connectivity index (χ2n) is 4.44. The number of para-hydroxylation sites is 1. The van der Waals surface area contributed by atoms with Crippen LogP contribution in [0.5, 0.6) is 0 Å². The molecule has 0 aliphatic carbocycles. The number of hydrogen-bond donors (Lipinski definition) is 0. The fraction of sp³-hybridized carbons (Fsp3) is 0.154. The second kappa shape index (κ2) is 4.24. The molecule has 0 atom stereocenters. The number of benzene rings is 1. The minimum absolute atomic E-state index is 0.131. The van der Waals surface area contributed by atoms with Crippen LogP contribution in [0, 0.1) is 10.1 Å². The molecule has 0 spiro atoms. The Morgan fingerprint density at radius 1 is 1.37 bits per heavy atom. The fourth-order valence-electron chi connectivity index (χ4n) is 2.27. The van der Waals surface area contributed by atoms with Gasteiger partial charge in [0, 0.05) is 36.5 Å². The van der Waals surface area contributed by atoms with Crippen molar-refractivity contribution in [2.45, 2.75) is 6.54 Å². The number of hydrogen-bond acceptors (Lipinski definition) is 3. The van der Waals surface area contributed by atoms with Gasteiger partial charge in [0.05, 0.1) is 17.7 Å². The molecule has 0 aliphatic heterocycles. The first-order valence-corrected chi connectivity index (χ1v) is 5.85. The summed E-state index contributed by atoms with van der Waals surface area (Å²) in [6.07, 6.45) is 5.53. The van der Waals surface area contributed by atoms with Gasteiger partial charge in [0.1, 0.15) is 5.52 Å². The van der Waals surface area contributed by atoms with E-state index in [0.717, 1.165) is 10.9 Å². The van der Waals surface area contributed by atoms with E-state index in [9.17, 15) is 10.1 Å². The van der Waals surface area contributed by atoms with Crippen molar-refractivity contribution in [2.24, 2.45) is 7.05 Å². The van der Waals surface area contributed by atoms with Gasteiger partial charge in [0.2, 0.25) is 0 Å². The lowest BCUT2D eigenvalue weighted by molar-refractivity contribution is -0.383. The quantitative estimate of drug-likeness (QED) is 0.533. The number of non-ortho nitro benzene ring substituents is 1. The number of rotatable bonds is 3. The molecular formula is C13H12N4O2. The first-order valence-electron chi connectivity index (χ1n) is 5.85. The predicted molar refractivity (Wildman–Crippen MR) is 70.9 cm³/mol. The Labute approximate surface area is 109 Å². The molecule has 0 amide bonds. The topological polar surface area (TPSA) is 65.9 Å². The summed E-state index contributed by atoms with van der Waals surface area (Å²) in [5, 5.41) is 16.1. The van der Waals surface area contributed by atoms with Crippen molar-refractivity contribution in [3.05, 3.63) is 58.5 Å². The van der Waals surface area contributed by atoms with E-state index in [1.54, 1.807) is 16.9 Å². The Hall–Kier alpha value is -2.63. The molecule has 0 fully saturated rings. The van der Waals surface area contributed by atoms with Gasteiger partial charge in [-0.15, -0.1) is 0 Å². The summed E-state index contributed by atoms with van der Waals surface area (Å²) in [4.78, 5) is 10.8. The van der Waals surface area contributed by atoms with Crippen molar-refractivity contribution in [3.63, 3.8) is 0 Å². The van der Waals surface area contributed by atoms with Crippen LogP contribution in [0.4, 0.5) is 5.69 Å². The lowest BCUT2D eigenvalue weighted by Crippen LogP contribution is -1.99. The summed E-state index contributed by atoms with van der Waals surface area (Å²) in [6, 6.07) is 7.00. The van der Waals surface area contributed by atoms with Crippen LogP contribution >= 0.6 is 0 Å². The van der Waals surface area contributed by atoms with Gasteiger partial charge in [-0.1, -0.05) is 12.1 Å². The number of nitro benzene ring substituents is 1. The highest BCUT2D eigenvalue weighted by Gasteiger charge is 2.15. The van der Waals surface area contributed by atoms with E-state index < -0.39 is 0 Å². The Balaban J connectivity index is 2.11. The number of aryl methyl sites for hydroxylation is 1. The maximum Gasteiger partial charge on any atom is 0.293 e. The minimum atomic E-state index is -0.345. The highest BCUT2D eigenvalue weighted by atomic mass is 16.6. The van der Waals surface area contributed by atoms with Gasteiger partial charge < -0.3 is 4.57 Å². The van der Waals surface area contributed by atoms with Gasteiger partial charge in [-0.25, -0.2) is 0 Å². The SMILES string of the molecule is Cn1cc(Cn2ccc3cccc([N+](=O)[O-])c32)cn1. The molecule has 2 heterocycles. The summed E-state index contributed by atoms with van der Waals surface area (Å²) >= 11 is 0. The Morgan fingerprint density at radius 2 is 2.21 bits per heavy atom. The molecule has 3 rings (SSSR count). The van der Waals surface area contributed by atoms with Crippen LogP contribution in [0.15, 0.2) is 42.9 Å². The average molecular weight is 256 g/mol. The molecule has 0 bridgehead atoms. The molecule has 0 saturated carbocycles. The lowest BCUT2D eigenvalue weighted by Gasteiger charge is -2.03. The molecule has 3 aromatic rings. The molecule has 6 heteroatoms. The summed E-state index contributed by atoms with van der Waals surface area (Å²) in [7, 11) is 1.85. The number of nitrogens with zero attached hydrogens (tertiary/aromatic N) is 4. The molecule has 0 N–H and O–H groups in total. The molecule has 19 heavy (non-hydrogen) atoms. The van der Waals surface area contributed by atoms with Crippen LogP contribution in [0.25, 0.3) is 10.9 Å². The second-order valence-corrected chi connectivity index (χ2v) is 4.44. The zero-order valence-corrected chi connectivity index (χ0v) is 10.4. The minimum Gasteiger partial charge on any atom is -0.337 e. The van der Waals surface area contributed by atoms with E-state index in [4.69, 9.17) is 0 Å². The van der Waals surface area contributed by atoms with Crippen LogP contribution in [-0.2, 0) is 13.6 Å². The normalized spacial score (nSPS) is 11.0. The van der Waals surface area contributed by atoms with Gasteiger partial charge >= 0.3 is 0 Å². The van der Waals surface area contributed by atoms with E-state index in [2.05, 4.69) is 5.10 Å². The molecule has 96 valence electrons. The average Bonchev–Trinajstić information content (AvgIpc) is 2.97. The van der Waals surface area contributed by atoms with Gasteiger partial charge in [-0.2, -0.15) is 5.10 Å². The van der Waals surface area contributed by atoms with Crippen LogP contribution in [-0.4, -0.2) is 19.3 Å². The molecule has 0 radical (unpaired) electrons. The van der Waals surface area contributed by atoms with Crippen LogP contribution in [0.3, 0.4) is 0 Å². The largest absolute Gasteiger partial charge is 0.337 e. The Kier molecular flexibility index (Phi) is 2.56. The highest BCUT2D eigenvalue weighted by molar-refractivity contribution is 5.88. The summed E-state index contributed by atoms with van der Waals surface area (Å²) in [5.74, 6) is 0. The van der Waals surface area contributed by atoms with Crippen LogP contribution in [0.2, 0.25) is 0 Å². The maximum absolute atomic E-state index is 11.1. The molecule has 0 unspecified atom stereocenters. The standard InChI is InChI=1S/C13H12N4O2/c1-15-8-10(7-14-15)9-16-6-5-11-3-2-4-12(13(11)16)17(18)19/h2-8H,9H2,1H3. The Bertz CT molecular complexity index is 757. The van der Waals surface area contributed by atoms with Crippen molar-refractivity contribution in [2.75, 3.05) is 0 Å². The highest BCUT2D eigenvalue weighted by Crippen LogP contribution is 2.26. The zero-order chi connectivity index (χ0) is 13.4. The smallest absolute Gasteiger partial charge is 0.293 e. The third-order valence-corrected chi connectivity index (χ3v) is 3.08. The molecular weight excluding hydrogens is 244 g/mol. The first-order chi connectivity index (χ1) is 9.15. The van der Waals surface area contributed by atoms with Crippen LogP contribution in [0.1, 0.15) is 5.56 Å². The Morgan fingerprint density at radius 3 is 2.89 bits per heavy atom. The summed E-state index contributed by atoms with van der Waals surface area (Å²) < 4.78 is 3.60. The third kappa shape index (κ3) is 1.97. The van der Waals surface area contributed by atoms with Crippen molar-refractivity contribution < 1.29 is 4.92 Å². The van der Waals surface area contributed by atoms with Crippen molar-refractivity contribution >= 4 is 16.6 Å². The number of aromatic nitrogens is 3. The first kappa shape index (κ1) is 11.5. The van der Waals surface area contributed by atoms with Gasteiger partial charge in [-0.05, 0) is 6.07 Å². The van der Waals surface area contributed by atoms with Gasteiger partial charge in [0.15, 0.2) is 0 Å². The van der Waals surface area contributed by atoms with Crippen molar-refractivity contribution in [1.82, 2.24) is 14.3 Å². The maximum atomic E-state index is 11.1. The molecule has 0 saturated heterocycles. The van der Waals surface area contributed by atoms with E-state index in [-0.39, 0.29) is 10.6 Å². The van der Waals surface area contributed by atoms with E-state index in [1.807, 2.05) is 36.1 Å². The monoisotopic (exact) mass is 256 g/mol. The zero-order valence-electron chi connectivity index (χ0n) is 10.4. The molecule has 0 aliphatic rings. The van der Waals surface area contributed by atoms with Gasteiger partial charge in [-0.3, -0.25) is 14.8 Å². The molecule has 6 nitrogen and oxygen atoms in total. The third-order valence-electron chi connectivity index (χ3n) is 3.08. The fourth-order valence-corrected chi connectivity index (χ4v) is 2.27. The molecule has 2 aromatic heterocycles. The lowest BCUT2D eigenvalue weighted by atomic mass is 10.2. The molecule has 1 aromatic carbocycles. The van der Waals surface area contributed by atoms with Crippen LogP contribution < -0.4 is 0 Å². The van der Waals surface area contributed by atoms with E-state index in [0.29, 0.717) is 12.1 Å². The van der Waals surface area contributed by atoms with Gasteiger partial charge in [0.25, 0.3) is 5.69 Å². The van der Waals surface area contributed by atoms with E-state index in [1.165, 1.54) is 6.07 Å². The summed E-state index contributed by atoms with van der Waals surface area (Å²) in [6.45, 7) is 0.572. The summed E-state index contributed by atoms with van der Waals surface area (Å²) in [5.41, 5.74) is 1.79. The van der Waals surface area contributed by atoms with Crippen molar-refractivity contribution in [3.8, 4) is 0 Å². The van der Waals surface area contributed by atoms with Crippen molar-refractivity contribution in [1.29, 1.82) is 0 Å². The van der Waals surface area contributed by atoms with E-state index >= 15 is 0 Å². The number of nitro groups is 1.